The van der Waals surface area contributed by atoms with Crippen molar-refractivity contribution in [3.63, 3.8) is 0 Å². The van der Waals surface area contributed by atoms with Gasteiger partial charge in [0.1, 0.15) is 0 Å². The Morgan fingerprint density at radius 2 is 1.25 bits per heavy atom. The number of hydrogen-bond acceptors (Lipinski definition) is 2. The van der Waals surface area contributed by atoms with Crippen molar-refractivity contribution < 1.29 is 8.85 Å². The largest absolute Gasteiger partial charge is 0.549 e. The summed E-state index contributed by atoms with van der Waals surface area (Å²) < 4.78 is 12.1. The molecule has 0 aliphatic heterocycles. The summed E-state index contributed by atoms with van der Waals surface area (Å²) in [5, 5.41) is 0.545. The molecule has 0 saturated carbocycles. The molecule has 0 amide bonds. The SMILES string of the molecule is CC(C)(C)[Si](C)(C)O/C=C/CCO[Si](C)(C)C(C)(C)C. The molecule has 0 heterocycles. The first-order valence-electron chi connectivity index (χ1n) is 7.67. The molecule has 120 valence electrons. The maximum Gasteiger partial charge on any atom is 0.249 e. The predicted octanol–water partition coefficient (Wildman–Crippen LogP) is 5.93. The molecule has 0 aliphatic rings. The zero-order chi connectivity index (χ0) is 16.2. The van der Waals surface area contributed by atoms with Gasteiger partial charge in [-0.05, 0) is 48.8 Å². The van der Waals surface area contributed by atoms with Crippen LogP contribution in [0, 0.1) is 0 Å². The summed E-state index contributed by atoms with van der Waals surface area (Å²) in [4.78, 5) is 0. The lowest BCUT2D eigenvalue weighted by atomic mass is 10.2. The summed E-state index contributed by atoms with van der Waals surface area (Å²) >= 11 is 0. The van der Waals surface area contributed by atoms with Gasteiger partial charge >= 0.3 is 0 Å². The first-order chi connectivity index (χ1) is 8.71. The molecule has 0 fully saturated rings. The lowest BCUT2D eigenvalue weighted by Gasteiger charge is -2.36. The van der Waals surface area contributed by atoms with Crippen molar-refractivity contribution >= 4 is 16.6 Å². The normalized spacial score (nSPS) is 14.9. The molecule has 2 nitrogen and oxygen atoms in total. The zero-order valence-electron chi connectivity index (χ0n) is 15.4. The van der Waals surface area contributed by atoms with Crippen molar-refractivity contribution in [2.24, 2.45) is 0 Å². The van der Waals surface area contributed by atoms with Gasteiger partial charge in [-0.15, -0.1) is 0 Å². The minimum Gasteiger partial charge on any atom is -0.549 e. The third-order valence-corrected chi connectivity index (χ3v) is 13.7. The van der Waals surface area contributed by atoms with Crippen LogP contribution < -0.4 is 0 Å². The number of hydrogen-bond donors (Lipinski definition) is 0. The van der Waals surface area contributed by atoms with E-state index in [1.165, 1.54) is 0 Å². The van der Waals surface area contributed by atoms with Crippen LogP contribution in [0.1, 0.15) is 48.0 Å². The van der Waals surface area contributed by atoms with Crippen LogP contribution in [0.15, 0.2) is 12.3 Å². The highest BCUT2D eigenvalue weighted by molar-refractivity contribution is 6.74. The van der Waals surface area contributed by atoms with Gasteiger partial charge in [-0.25, -0.2) is 0 Å². The summed E-state index contributed by atoms with van der Waals surface area (Å²) in [6.45, 7) is 23.5. The molecule has 0 aromatic rings. The Morgan fingerprint density at radius 1 is 0.800 bits per heavy atom. The first-order valence-corrected chi connectivity index (χ1v) is 13.5. The average molecular weight is 317 g/mol. The second-order valence-electron chi connectivity index (χ2n) is 8.65. The lowest BCUT2D eigenvalue weighted by Crippen LogP contribution is -2.40. The Balaban J connectivity index is 4.13. The first kappa shape index (κ1) is 19.9. The summed E-state index contributed by atoms with van der Waals surface area (Å²) in [6, 6.07) is 0. The Bertz CT molecular complexity index is 320. The quantitative estimate of drug-likeness (QED) is 0.343. The molecule has 0 spiro atoms. The van der Waals surface area contributed by atoms with Crippen LogP contribution in [0.3, 0.4) is 0 Å². The van der Waals surface area contributed by atoms with Gasteiger partial charge in [0.05, 0.1) is 6.26 Å². The summed E-state index contributed by atoms with van der Waals surface area (Å²) in [6.07, 6.45) is 4.93. The van der Waals surface area contributed by atoms with E-state index in [4.69, 9.17) is 8.85 Å². The standard InChI is InChI=1S/C16H36O2Si2/c1-15(2,3)19(7,8)17-13-11-12-14-18-20(9,10)16(4,5)6/h11,13H,12,14H2,1-10H3/b13-11+. The van der Waals surface area contributed by atoms with Gasteiger partial charge in [0.25, 0.3) is 0 Å². The molecule has 0 aliphatic carbocycles. The molecule has 0 N–H and O–H groups in total. The van der Waals surface area contributed by atoms with E-state index in [1.54, 1.807) is 0 Å². The molecule has 0 bridgehead atoms. The second kappa shape index (κ2) is 6.80. The third kappa shape index (κ3) is 6.14. The van der Waals surface area contributed by atoms with Crippen molar-refractivity contribution in [1.82, 2.24) is 0 Å². The van der Waals surface area contributed by atoms with E-state index in [-0.39, 0.29) is 10.1 Å². The average Bonchev–Trinajstić information content (AvgIpc) is 2.19. The van der Waals surface area contributed by atoms with Crippen LogP contribution in [0.25, 0.3) is 0 Å². The molecule has 4 heteroatoms. The monoisotopic (exact) mass is 316 g/mol. The fourth-order valence-corrected chi connectivity index (χ4v) is 2.91. The molecule has 0 aromatic carbocycles. The van der Waals surface area contributed by atoms with Crippen LogP contribution >= 0.6 is 0 Å². The highest BCUT2D eigenvalue weighted by atomic mass is 28.4. The second-order valence-corrected chi connectivity index (χ2v) is 18.2. The highest BCUT2D eigenvalue weighted by Crippen LogP contribution is 2.37. The fraction of sp³-hybridized carbons (Fsp3) is 0.875. The van der Waals surface area contributed by atoms with Crippen molar-refractivity contribution in [1.29, 1.82) is 0 Å². The van der Waals surface area contributed by atoms with Crippen LogP contribution in [0.2, 0.25) is 36.3 Å². The van der Waals surface area contributed by atoms with E-state index in [0.717, 1.165) is 13.0 Å². The molecule has 0 atom stereocenters. The molecule has 0 rings (SSSR count). The summed E-state index contributed by atoms with van der Waals surface area (Å²) in [5.41, 5.74) is 0. The number of rotatable bonds is 6. The van der Waals surface area contributed by atoms with E-state index in [2.05, 4.69) is 73.8 Å². The summed E-state index contributed by atoms with van der Waals surface area (Å²) in [7, 11) is -3.25. The van der Waals surface area contributed by atoms with Crippen molar-refractivity contribution in [2.75, 3.05) is 6.61 Å². The molecule has 0 saturated heterocycles. The van der Waals surface area contributed by atoms with Gasteiger partial charge < -0.3 is 8.85 Å². The molecular weight excluding hydrogens is 280 g/mol. The molecule has 0 unspecified atom stereocenters. The molecule has 20 heavy (non-hydrogen) atoms. The van der Waals surface area contributed by atoms with Gasteiger partial charge in [-0.3, -0.25) is 0 Å². The zero-order valence-corrected chi connectivity index (χ0v) is 17.4. The van der Waals surface area contributed by atoms with Crippen molar-refractivity contribution in [3.05, 3.63) is 12.3 Å². The molecule has 0 aromatic heterocycles. The highest BCUT2D eigenvalue weighted by Gasteiger charge is 2.38. The molecule has 0 radical (unpaired) electrons. The smallest absolute Gasteiger partial charge is 0.249 e. The van der Waals surface area contributed by atoms with Crippen LogP contribution in [0.5, 0.6) is 0 Å². The van der Waals surface area contributed by atoms with E-state index >= 15 is 0 Å². The predicted molar refractivity (Wildman–Crippen MR) is 95.2 cm³/mol. The van der Waals surface area contributed by atoms with Gasteiger partial charge in [0.15, 0.2) is 8.32 Å². The topological polar surface area (TPSA) is 18.5 Å². The summed E-state index contributed by atoms with van der Waals surface area (Å²) in [5.74, 6) is 0. The van der Waals surface area contributed by atoms with Crippen LogP contribution in [-0.2, 0) is 8.85 Å². The Morgan fingerprint density at radius 3 is 1.65 bits per heavy atom. The van der Waals surface area contributed by atoms with Crippen molar-refractivity contribution in [2.45, 2.75) is 84.2 Å². The van der Waals surface area contributed by atoms with Gasteiger partial charge in [-0.1, -0.05) is 41.5 Å². The Kier molecular flexibility index (Phi) is 6.77. The fourth-order valence-electron chi connectivity index (χ4n) is 1.06. The van der Waals surface area contributed by atoms with E-state index in [0.29, 0.717) is 0 Å². The minimum atomic E-state index is -1.65. The van der Waals surface area contributed by atoms with Crippen molar-refractivity contribution in [3.8, 4) is 0 Å². The molecular formula is C16H36O2Si2. The Hall–Kier alpha value is -0.0662. The van der Waals surface area contributed by atoms with Crippen LogP contribution in [0.4, 0.5) is 0 Å². The Labute approximate surface area is 129 Å². The minimum absolute atomic E-state index is 0.259. The van der Waals surface area contributed by atoms with Gasteiger partial charge in [0, 0.05) is 6.61 Å². The van der Waals surface area contributed by atoms with E-state index in [9.17, 15) is 0 Å². The maximum atomic E-state index is 6.14. The lowest BCUT2D eigenvalue weighted by molar-refractivity contribution is 0.293. The maximum absolute atomic E-state index is 6.14. The van der Waals surface area contributed by atoms with Gasteiger partial charge in [-0.2, -0.15) is 0 Å². The van der Waals surface area contributed by atoms with E-state index in [1.807, 2.05) is 6.26 Å². The van der Waals surface area contributed by atoms with E-state index < -0.39 is 16.6 Å². The van der Waals surface area contributed by atoms with Gasteiger partial charge in [0.2, 0.25) is 8.32 Å². The third-order valence-electron chi connectivity index (χ3n) is 4.82. The van der Waals surface area contributed by atoms with Crippen LogP contribution in [-0.4, -0.2) is 23.2 Å².